The van der Waals surface area contributed by atoms with E-state index in [1.54, 1.807) is 48.9 Å². The van der Waals surface area contributed by atoms with Crippen LogP contribution < -0.4 is 21.5 Å². The van der Waals surface area contributed by atoms with Crippen molar-refractivity contribution in [1.82, 2.24) is 15.3 Å². The number of nitrogens with two attached hydrogens (primary N) is 2. The predicted molar refractivity (Wildman–Crippen MR) is 132 cm³/mol. The average molecular weight is 460 g/mol. The number of nitrogens with one attached hydrogen (secondary N) is 1. The smallest absolute Gasteiger partial charge is 0.213 e. The molecule has 3 aromatic rings. The van der Waals surface area contributed by atoms with Gasteiger partial charge in [-0.2, -0.15) is 0 Å². The number of aliphatic imine (C=N–C) groups is 2. The first-order valence-electron chi connectivity index (χ1n) is 10.7. The lowest BCUT2D eigenvalue weighted by molar-refractivity contribution is 0.391. The van der Waals surface area contributed by atoms with Gasteiger partial charge in [-0.05, 0) is 37.6 Å². The number of rotatable bonds is 6. The van der Waals surface area contributed by atoms with Crippen molar-refractivity contribution < 1.29 is 9.13 Å². The van der Waals surface area contributed by atoms with Gasteiger partial charge in [0.2, 0.25) is 5.88 Å². The number of aromatic nitrogens is 2. The normalized spacial score (nSPS) is 19.9. The van der Waals surface area contributed by atoms with Crippen LogP contribution in [0.3, 0.4) is 0 Å². The number of halogens is 1. The topological polar surface area (TPSA) is 124 Å². The van der Waals surface area contributed by atoms with Crippen LogP contribution in [0.25, 0.3) is 16.8 Å². The number of benzene rings is 1. The number of nitrogens with zero attached hydrogens (tertiary/aromatic N) is 4. The Balaban J connectivity index is 1.69. The number of hydrogen-bond acceptors (Lipinski definition) is 8. The van der Waals surface area contributed by atoms with Gasteiger partial charge >= 0.3 is 0 Å². The number of methoxy groups -OCH3 is 1. The van der Waals surface area contributed by atoms with Crippen LogP contribution in [0.2, 0.25) is 0 Å². The van der Waals surface area contributed by atoms with Gasteiger partial charge in [-0.3, -0.25) is 10.3 Å². The summed E-state index contributed by atoms with van der Waals surface area (Å²) in [6.07, 6.45) is 6.39. The molecule has 2 unspecified atom stereocenters. The monoisotopic (exact) mass is 459 g/mol. The molecule has 0 bridgehead atoms. The van der Waals surface area contributed by atoms with Crippen molar-refractivity contribution in [3.63, 3.8) is 0 Å². The van der Waals surface area contributed by atoms with Crippen LogP contribution in [-0.4, -0.2) is 34.9 Å². The summed E-state index contributed by atoms with van der Waals surface area (Å²) in [5.74, 6) is 0.374. The molecule has 0 spiro atoms. The third-order valence-electron chi connectivity index (χ3n) is 5.72. The van der Waals surface area contributed by atoms with E-state index < -0.39 is 5.66 Å². The molecule has 174 valence electrons. The predicted octanol–water partition coefficient (Wildman–Crippen LogP) is 3.43. The average Bonchev–Trinajstić information content (AvgIpc) is 2.84. The number of pyridine rings is 2. The Kier molecular flexibility index (Phi) is 6.38. The van der Waals surface area contributed by atoms with Gasteiger partial charge in [-0.1, -0.05) is 18.2 Å². The van der Waals surface area contributed by atoms with Crippen molar-refractivity contribution in [2.45, 2.75) is 25.6 Å². The minimum atomic E-state index is -0.986. The van der Waals surface area contributed by atoms with Crippen LogP contribution in [0.1, 0.15) is 31.0 Å². The largest absolute Gasteiger partial charge is 0.481 e. The molecule has 0 fully saturated rings. The highest BCUT2D eigenvalue weighted by molar-refractivity contribution is 6.09. The lowest BCUT2D eigenvalue weighted by atomic mass is 9.93. The van der Waals surface area contributed by atoms with Gasteiger partial charge in [0.05, 0.1) is 12.7 Å². The van der Waals surface area contributed by atoms with Gasteiger partial charge in [0.1, 0.15) is 23.7 Å². The lowest BCUT2D eigenvalue weighted by Gasteiger charge is -2.35. The van der Waals surface area contributed by atoms with Crippen molar-refractivity contribution in [3.05, 3.63) is 83.6 Å². The van der Waals surface area contributed by atoms with E-state index in [1.807, 2.05) is 19.9 Å². The maximum atomic E-state index is 14.3. The summed E-state index contributed by atoms with van der Waals surface area (Å²) in [6.45, 7) is 3.84. The summed E-state index contributed by atoms with van der Waals surface area (Å²) in [4.78, 5) is 17.2. The summed E-state index contributed by atoms with van der Waals surface area (Å²) in [7, 11) is 1.53. The fourth-order valence-electron chi connectivity index (χ4n) is 3.97. The SMILES string of the molecule is COc1cc(/C(N)=C2\C(N)=NC=NC2(C)NC(C)c2cncc(-c3ccccc3F)c2)ccn1. The van der Waals surface area contributed by atoms with E-state index >= 15 is 0 Å². The maximum Gasteiger partial charge on any atom is 0.213 e. The van der Waals surface area contributed by atoms with Crippen LogP contribution in [0, 0.1) is 5.82 Å². The molecule has 0 saturated heterocycles. The molecule has 5 N–H and O–H groups in total. The van der Waals surface area contributed by atoms with Crippen LogP contribution in [0.5, 0.6) is 5.88 Å². The molecule has 4 rings (SSSR count). The Bertz CT molecular complexity index is 1300. The van der Waals surface area contributed by atoms with E-state index in [2.05, 4.69) is 25.3 Å². The second kappa shape index (κ2) is 9.40. The van der Waals surface area contributed by atoms with Crippen molar-refractivity contribution in [2.24, 2.45) is 21.5 Å². The highest BCUT2D eigenvalue weighted by Crippen LogP contribution is 2.31. The summed E-state index contributed by atoms with van der Waals surface area (Å²) < 4.78 is 19.5. The Labute approximate surface area is 197 Å². The van der Waals surface area contributed by atoms with E-state index in [-0.39, 0.29) is 17.7 Å². The summed E-state index contributed by atoms with van der Waals surface area (Å²) >= 11 is 0. The molecular weight excluding hydrogens is 433 g/mol. The second-order valence-corrected chi connectivity index (χ2v) is 8.06. The van der Waals surface area contributed by atoms with Gasteiger partial charge in [-0.25, -0.2) is 19.4 Å². The third-order valence-corrected chi connectivity index (χ3v) is 5.72. The van der Waals surface area contributed by atoms with Gasteiger partial charge in [-0.15, -0.1) is 0 Å². The fourth-order valence-corrected chi connectivity index (χ4v) is 3.97. The Hall–Kier alpha value is -4.11. The first-order chi connectivity index (χ1) is 16.3. The molecule has 8 nitrogen and oxygen atoms in total. The minimum absolute atomic E-state index is 0.234. The molecule has 1 aliphatic rings. The van der Waals surface area contributed by atoms with Crippen molar-refractivity contribution >= 4 is 17.9 Å². The molecule has 0 aliphatic carbocycles. The Morgan fingerprint density at radius 1 is 1.18 bits per heavy atom. The Morgan fingerprint density at radius 3 is 2.74 bits per heavy atom. The zero-order chi connectivity index (χ0) is 24.3. The zero-order valence-electron chi connectivity index (χ0n) is 19.2. The number of amidine groups is 1. The summed E-state index contributed by atoms with van der Waals surface area (Å²) in [5.41, 5.74) is 15.5. The molecule has 0 radical (unpaired) electrons. The van der Waals surface area contributed by atoms with Gasteiger partial charge < -0.3 is 16.2 Å². The second-order valence-electron chi connectivity index (χ2n) is 8.06. The first kappa shape index (κ1) is 23.1. The van der Waals surface area contributed by atoms with Gasteiger partial charge in [0, 0.05) is 53.1 Å². The molecule has 3 heterocycles. The summed E-state index contributed by atoms with van der Waals surface area (Å²) in [5, 5.41) is 3.49. The van der Waals surface area contributed by atoms with E-state index in [0.717, 1.165) is 5.56 Å². The molecule has 0 amide bonds. The zero-order valence-corrected chi connectivity index (χ0v) is 19.2. The number of ether oxygens (including phenoxy) is 1. The molecule has 2 aromatic heterocycles. The van der Waals surface area contributed by atoms with Crippen LogP contribution in [0.15, 0.2) is 76.6 Å². The van der Waals surface area contributed by atoms with Crippen molar-refractivity contribution in [1.29, 1.82) is 0 Å². The lowest BCUT2D eigenvalue weighted by Crippen LogP contribution is -2.50. The van der Waals surface area contributed by atoms with Crippen LogP contribution in [0.4, 0.5) is 4.39 Å². The molecule has 9 heteroatoms. The molecule has 1 aliphatic heterocycles. The van der Waals surface area contributed by atoms with Crippen LogP contribution in [-0.2, 0) is 0 Å². The first-order valence-corrected chi connectivity index (χ1v) is 10.7. The maximum absolute atomic E-state index is 14.3. The minimum Gasteiger partial charge on any atom is -0.481 e. The summed E-state index contributed by atoms with van der Waals surface area (Å²) in [6, 6.07) is 11.8. The number of hydrogen-bond donors (Lipinski definition) is 3. The quantitative estimate of drug-likeness (QED) is 0.519. The molecule has 1 aromatic carbocycles. The van der Waals surface area contributed by atoms with Gasteiger partial charge in [0.25, 0.3) is 0 Å². The standard InChI is InChI=1S/C25H26FN7O/c1-15(17-10-18(13-29-12-17)19-6-4-5-7-20(19)26)33-25(2)22(24(28)31-14-32-25)23(27)16-8-9-30-21(11-16)34-3/h4-15,33H,27H2,1-3H3,(H2,28,31,32)/b23-22-. The van der Waals surface area contributed by atoms with Crippen molar-refractivity contribution in [2.75, 3.05) is 7.11 Å². The van der Waals surface area contributed by atoms with E-state index in [1.165, 1.54) is 19.5 Å². The Morgan fingerprint density at radius 2 is 1.97 bits per heavy atom. The van der Waals surface area contributed by atoms with E-state index in [0.29, 0.717) is 33.8 Å². The highest BCUT2D eigenvalue weighted by Gasteiger charge is 2.36. The van der Waals surface area contributed by atoms with Crippen LogP contribution >= 0.6 is 0 Å². The fraction of sp³-hybridized carbons (Fsp3) is 0.200. The molecular formula is C25H26FN7O. The third kappa shape index (κ3) is 4.51. The molecule has 34 heavy (non-hydrogen) atoms. The van der Waals surface area contributed by atoms with Crippen molar-refractivity contribution in [3.8, 4) is 17.0 Å². The van der Waals surface area contributed by atoms with E-state index in [4.69, 9.17) is 16.2 Å². The van der Waals surface area contributed by atoms with E-state index in [9.17, 15) is 4.39 Å². The van der Waals surface area contributed by atoms with Gasteiger partial charge in [0.15, 0.2) is 0 Å². The molecule has 0 saturated carbocycles. The molecule has 2 atom stereocenters. The highest BCUT2D eigenvalue weighted by atomic mass is 19.1.